The Morgan fingerprint density at radius 2 is 2.00 bits per heavy atom. The number of hydrogen-bond acceptors (Lipinski definition) is 5. The average Bonchev–Trinajstić information content (AvgIpc) is 2.75. The van der Waals surface area contributed by atoms with Gasteiger partial charge in [0.1, 0.15) is 4.88 Å². The Morgan fingerprint density at radius 1 is 1.36 bits per heavy atom. The van der Waals surface area contributed by atoms with E-state index in [-0.39, 0.29) is 18.5 Å². The third-order valence-electron chi connectivity index (χ3n) is 3.65. The second-order valence-electron chi connectivity index (χ2n) is 5.58. The molecule has 1 saturated heterocycles. The van der Waals surface area contributed by atoms with Crippen molar-refractivity contribution in [1.82, 2.24) is 9.88 Å². The first-order valence-electron chi connectivity index (χ1n) is 7.15. The number of piperidine rings is 1. The van der Waals surface area contributed by atoms with Gasteiger partial charge in [0.05, 0.1) is 23.9 Å². The van der Waals surface area contributed by atoms with Crippen molar-refractivity contribution < 1.29 is 22.7 Å². The molecule has 1 aliphatic heterocycles. The topological polar surface area (TPSA) is 42.4 Å². The first kappa shape index (κ1) is 17.2. The summed E-state index contributed by atoms with van der Waals surface area (Å²) in [5.74, 6) is -0.261. The molecule has 1 aromatic rings. The molecule has 8 heteroatoms. The summed E-state index contributed by atoms with van der Waals surface area (Å²) in [6, 6.07) is 0. The second-order valence-corrected chi connectivity index (χ2v) is 6.78. The van der Waals surface area contributed by atoms with E-state index < -0.39 is 12.7 Å². The molecule has 0 atom stereocenters. The zero-order valence-corrected chi connectivity index (χ0v) is 13.4. The molecule has 0 aliphatic carbocycles. The van der Waals surface area contributed by atoms with Crippen LogP contribution in [-0.4, -0.2) is 48.3 Å². The van der Waals surface area contributed by atoms with Gasteiger partial charge in [-0.3, -0.25) is 4.90 Å². The minimum atomic E-state index is -4.15. The van der Waals surface area contributed by atoms with Crippen molar-refractivity contribution in [2.24, 2.45) is 5.92 Å². The van der Waals surface area contributed by atoms with E-state index in [2.05, 4.69) is 4.98 Å². The van der Waals surface area contributed by atoms with Gasteiger partial charge in [-0.05, 0) is 45.7 Å². The molecule has 1 fully saturated rings. The number of halogens is 3. The van der Waals surface area contributed by atoms with Crippen molar-refractivity contribution in [2.45, 2.75) is 32.9 Å². The number of ether oxygens (including phenoxy) is 1. The van der Waals surface area contributed by atoms with Crippen LogP contribution in [0.5, 0.6) is 0 Å². The fraction of sp³-hybridized carbons (Fsp3) is 0.714. The third kappa shape index (κ3) is 4.95. The number of esters is 1. The molecule has 0 amide bonds. The van der Waals surface area contributed by atoms with Gasteiger partial charge >= 0.3 is 12.1 Å². The van der Waals surface area contributed by atoms with Gasteiger partial charge in [-0.2, -0.15) is 13.2 Å². The third-order valence-corrected chi connectivity index (χ3v) is 4.70. The van der Waals surface area contributed by atoms with Crippen LogP contribution in [0.4, 0.5) is 13.2 Å². The molecular weight excluding hydrogens is 317 g/mol. The number of aromatic nitrogens is 1. The zero-order valence-electron chi connectivity index (χ0n) is 12.6. The van der Waals surface area contributed by atoms with Crippen molar-refractivity contribution >= 4 is 17.3 Å². The standard InChI is InChI=1S/C14H19F3N2O2S/c1-9-12(22-10(2)18-9)13(20)21-7-11-3-5-19(6-4-11)8-14(15,16)17/h11H,3-8H2,1-2H3. The lowest BCUT2D eigenvalue weighted by Gasteiger charge is -2.31. The molecule has 1 aromatic heterocycles. The van der Waals surface area contributed by atoms with Gasteiger partial charge in [0.2, 0.25) is 0 Å². The molecule has 0 bridgehead atoms. The number of thiazole rings is 1. The lowest BCUT2D eigenvalue weighted by atomic mass is 9.98. The summed E-state index contributed by atoms with van der Waals surface area (Å²) in [5, 5.41) is 0.810. The Kier molecular flexibility index (Phi) is 5.44. The van der Waals surface area contributed by atoms with Crippen LogP contribution in [0, 0.1) is 19.8 Å². The van der Waals surface area contributed by atoms with E-state index in [1.807, 2.05) is 6.92 Å². The number of rotatable bonds is 4. The smallest absolute Gasteiger partial charge is 0.401 e. The van der Waals surface area contributed by atoms with Gasteiger partial charge in [-0.1, -0.05) is 0 Å². The molecule has 1 aliphatic rings. The summed E-state index contributed by atoms with van der Waals surface area (Å²) < 4.78 is 42.2. The molecule has 0 N–H and O–H groups in total. The largest absolute Gasteiger partial charge is 0.461 e. The molecule has 0 aromatic carbocycles. The van der Waals surface area contributed by atoms with Crippen LogP contribution in [0.15, 0.2) is 0 Å². The number of hydrogen-bond donors (Lipinski definition) is 0. The Hall–Kier alpha value is -1.15. The van der Waals surface area contributed by atoms with E-state index in [4.69, 9.17) is 4.74 Å². The number of carbonyl (C=O) groups is 1. The molecule has 4 nitrogen and oxygen atoms in total. The summed E-state index contributed by atoms with van der Waals surface area (Å²) in [6.45, 7) is 3.76. The number of nitrogens with zero attached hydrogens (tertiary/aromatic N) is 2. The molecule has 0 unspecified atom stereocenters. The van der Waals surface area contributed by atoms with Crippen LogP contribution in [0.3, 0.4) is 0 Å². The predicted molar refractivity (Wildman–Crippen MR) is 77.1 cm³/mol. The minimum Gasteiger partial charge on any atom is -0.461 e. The molecule has 2 rings (SSSR count). The van der Waals surface area contributed by atoms with Crippen LogP contribution in [0.25, 0.3) is 0 Å². The summed E-state index contributed by atoms with van der Waals surface area (Å²) in [7, 11) is 0. The number of aryl methyl sites for hydroxylation is 2. The first-order valence-corrected chi connectivity index (χ1v) is 7.96. The number of likely N-dealkylation sites (tertiary alicyclic amines) is 1. The molecule has 124 valence electrons. The van der Waals surface area contributed by atoms with Crippen molar-refractivity contribution in [3.05, 3.63) is 15.6 Å². The van der Waals surface area contributed by atoms with Crippen LogP contribution in [-0.2, 0) is 4.74 Å². The minimum absolute atomic E-state index is 0.128. The van der Waals surface area contributed by atoms with Crippen LogP contribution in [0.2, 0.25) is 0 Å². The summed E-state index contributed by atoms with van der Waals surface area (Å²) in [6.07, 6.45) is -2.92. The van der Waals surface area contributed by atoms with Crippen LogP contribution >= 0.6 is 11.3 Å². The van der Waals surface area contributed by atoms with Gasteiger partial charge in [0, 0.05) is 0 Å². The normalized spacial score (nSPS) is 17.7. The highest BCUT2D eigenvalue weighted by Gasteiger charge is 2.32. The van der Waals surface area contributed by atoms with Gasteiger partial charge in [-0.25, -0.2) is 9.78 Å². The van der Waals surface area contributed by atoms with Crippen molar-refractivity contribution in [3.8, 4) is 0 Å². The summed E-state index contributed by atoms with van der Waals surface area (Å²) >= 11 is 1.30. The number of carbonyl (C=O) groups excluding carboxylic acids is 1. The molecule has 2 heterocycles. The summed E-state index contributed by atoms with van der Waals surface area (Å²) in [4.78, 5) is 18.0. The van der Waals surface area contributed by atoms with Gasteiger partial charge in [0.25, 0.3) is 0 Å². The van der Waals surface area contributed by atoms with E-state index in [1.165, 1.54) is 16.2 Å². The fourth-order valence-corrected chi connectivity index (χ4v) is 3.36. The molecule has 0 radical (unpaired) electrons. The predicted octanol–water partition coefficient (Wildman–Crippen LogP) is 3.19. The van der Waals surface area contributed by atoms with Crippen molar-refractivity contribution in [1.29, 1.82) is 0 Å². The molecule has 0 spiro atoms. The lowest BCUT2D eigenvalue weighted by molar-refractivity contribution is -0.148. The SMILES string of the molecule is Cc1nc(C)c(C(=O)OCC2CCN(CC(F)(F)F)CC2)s1. The summed E-state index contributed by atoms with van der Waals surface area (Å²) in [5.41, 5.74) is 0.660. The molecular formula is C14H19F3N2O2S. The molecule has 0 saturated carbocycles. The van der Waals surface area contributed by atoms with E-state index in [0.29, 0.717) is 36.5 Å². The van der Waals surface area contributed by atoms with Gasteiger partial charge in [0.15, 0.2) is 0 Å². The van der Waals surface area contributed by atoms with Gasteiger partial charge < -0.3 is 4.74 Å². The van der Waals surface area contributed by atoms with Crippen LogP contribution in [0.1, 0.15) is 33.2 Å². The maximum atomic E-state index is 12.3. The van der Waals surface area contributed by atoms with Crippen LogP contribution < -0.4 is 0 Å². The maximum absolute atomic E-state index is 12.3. The Labute approximate surface area is 131 Å². The molecule has 22 heavy (non-hydrogen) atoms. The van der Waals surface area contributed by atoms with Gasteiger partial charge in [-0.15, -0.1) is 11.3 Å². The highest BCUT2D eigenvalue weighted by molar-refractivity contribution is 7.13. The monoisotopic (exact) mass is 336 g/mol. The Bertz CT molecular complexity index is 523. The average molecular weight is 336 g/mol. The highest BCUT2D eigenvalue weighted by Crippen LogP contribution is 2.24. The van der Waals surface area contributed by atoms with E-state index >= 15 is 0 Å². The van der Waals surface area contributed by atoms with E-state index in [1.54, 1.807) is 6.92 Å². The fourth-order valence-electron chi connectivity index (χ4n) is 2.54. The Balaban J connectivity index is 1.75. The highest BCUT2D eigenvalue weighted by atomic mass is 32.1. The Morgan fingerprint density at radius 3 is 2.50 bits per heavy atom. The maximum Gasteiger partial charge on any atom is 0.401 e. The van der Waals surface area contributed by atoms with E-state index in [0.717, 1.165) is 5.01 Å². The lowest BCUT2D eigenvalue weighted by Crippen LogP contribution is -2.40. The number of alkyl halides is 3. The first-order chi connectivity index (χ1) is 10.2. The van der Waals surface area contributed by atoms with E-state index in [9.17, 15) is 18.0 Å². The zero-order chi connectivity index (χ0) is 16.3. The quantitative estimate of drug-likeness (QED) is 0.792. The second kappa shape index (κ2) is 6.95. The van der Waals surface area contributed by atoms with Crippen molar-refractivity contribution in [3.63, 3.8) is 0 Å². The van der Waals surface area contributed by atoms with Crippen molar-refractivity contribution in [2.75, 3.05) is 26.2 Å².